The van der Waals surface area contributed by atoms with E-state index in [2.05, 4.69) is 5.32 Å². The minimum Gasteiger partial charge on any atom is -0.347 e. The number of carbonyl (C=O) groups is 2. The molecule has 23 heavy (non-hydrogen) atoms. The van der Waals surface area contributed by atoms with Crippen LogP contribution in [0.5, 0.6) is 0 Å². The first kappa shape index (κ1) is 16.0. The molecule has 0 aliphatic carbocycles. The highest BCUT2D eigenvalue weighted by atomic mass is 35.5. The third-order valence-corrected chi connectivity index (χ3v) is 4.81. The van der Waals surface area contributed by atoms with Gasteiger partial charge in [-0.25, -0.2) is 0 Å². The van der Waals surface area contributed by atoms with Crippen molar-refractivity contribution in [2.24, 2.45) is 0 Å². The Hall–Kier alpha value is -1.85. The van der Waals surface area contributed by atoms with E-state index < -0.39 is 0 Å². The quantitative estimate of drug-likeness (QED) is 0.903. The van der Waals surface area contributed by atoms with Crippen molar-refractivity contribution in [3.8, 4) is 0 Å². The zero-order chi connectivity index (χ0) is 16.2. The molecule has 1 aliphatic rings. The van der Waals surface area contributed by atoms with Crippen molar-refractivity contribution in [3.63, 3.8) is 0 Å². The Labute approximate surface area is 144 Å². The molecule has 2 heterocycles. The fraction of sp³-hybridized carbons (Fsp3) is 0.294. The lowest BCUT2D eigenvalue weighted by molar-refractivity contribution is -0.127. The van der Waals surface area contributed by atoms with Crippen LogP contribution < -0.4 is 5.32 Å². The van der Waals surface area contributed by atoms with Gasteiger partial charge in [-0.3, -0.25) is 9.59 Å². The van der Waals surface area contributed by atoms with Gasteiger partial charge in [-0.15, -0.1) is 0 Å². The second-order valence-electron chi connectivity index (χ2n) is 5.61. The molecule has 0 spiro atoms. The summed E-state index contributed by atoms with van der Waals surface area (Å²) >= 11 is 7.46. The number of nitrogens with zero attached hydrogens (tertiary/aromatic N) is 1. The van der Waals surface area contributed by atoms with Crippen molar-refractivity contribution in [2.75, 3.05) is 13.1 Å². The molecule has 1 aromatic heterocycles. The van der Waals surface area contributed by atoms with Crippen LogP contribution in [0.2, 0.25) is 5.02 Å². The third kappa shape index (κ3) is 4.12. The van der Waals surface area contributed by atoms with Gasteiger partial charge in [0, 0.05) is 35.5 Å². The second-order valence-corrected chi connectivity index (χ2v) is 6.82. The molecule has 1 aliphatic heterocycles. The van der Waals surface area contributed by atoms with Gasteiger partial charge in [0.2, 0.25) is 5.91 Å². The van der Waals surface area contributed by atoms with Gasteiger partial charge in [-0.1, -0.05) is 23.7 Å². The van der Waals surface area contributed by atoms with E-state index in [-0.39, 0.29) is 17.9 Å². The number of carbonyl (C=O) groups excluding carboxylic acids is 2. The lowest BCUT2D eigenvalue weighted by Gasteiger charge is -2.17. The molecule has 0 unspecified atom stereocenters. The van der Waals surface area contributed by atoms with Gasteiger partial charge in [0.25, 0.3) is 5.91 Å². The van der Waals surface area contributed by atoms with Gasteiger partial charge in [-0.2, -0.15) is 11.3 Å². The average Bonchev–Trinajstić information content (AvgIpc) is 3.15. The molecule has 0 radical (unpaired) electrons. The highest BCUT2D eigenvalue weighted by molar-refractivity contribution is 7.08. The van der Waals surface area contributed by atoms with Gasteiger partial charge in [0.05, 0.1) is 6.04 Å². The maximum absolute atomic E-state index is 12.1. The van der Waals surface area contributed by atoms with E-state index in [4.69, 9.17) is 11.6 Å². The first-order chi connectivity index (χ1) is 11.1. The second kappa shape index (κ2) is 7.15. The molecule has 120 valence electrons. The van der Waals surface area contributed by atoms with Crippen molar-refractivity contribution in [1.82, 2.24) is 10.2 Å². The molecule has 4 nitrogen and oxygen atoms in total. The zero-order valence-corrected chi connectivity index (χ0v) is 14.1. The first-order valence-electron chi connectivity index (χ1n) is 7.47. The Bertz CT molecular complexity index is 702. The van der Waals surface area contributed by atoms with Crippen LogP contribution in [0.25, 0.3) is 0 Å². The lowest BCUT2D eigenvalue weighted by Crippen LogP contribution is -2.37. The van der Waals surface area contributed by atoms with Crippen molar-refractivity contribution in [3.05, 3.63) is 57.2 Å². The zero-order valence-electron chi connectivity index (χ0n) is 12.5. The summed E-state index contributed by atoms with van der Waals surface area (Å²) < 4.78 is 0. The van der Waals surface area contributed by atoms with E-state index >= 15 is 0 Å². The van der Waals surface area contributed by atoms with E-state index in [9.17, 15) is 9.59 Å². The van der Waals surface area contributed by atoms with Crippen LogP contribution in [0.15, 0.2) is 41.1 Å². The van der Waals surface area contributed by atoms with Crippen molar-refractivity contribution >= 4 is 34.8 Å². The monoisotopic (exact) mass is 348 g/mol. The van der Waals surface area contributed by atoms with Crippen LogP contribution in [0.3, 0.4) is 0 Å². The van der Waals surface area contributed by atoms with Gasteiger partial charge in [0.15, 0.2) is 0 Å². The van der Waals surface area contributed by atoms with Crippen LogP contribution in [0.4, 0.5) is 0 Å². The number of benzene rings is 1. The fourth-order valence-corrected chi connectivity index (χ4v) is 3.55. The molecule has 1 aromatic carbocycles. The molecule has 6 heteroatoms. The van der Waals surface area contributed by atoms with Crippen molar-refractivity contribution < 1.29 is 9.59 Å². The van der Waals surface area contributed by atoms with Crippen LogP contribution in [0, 0.1) is 0 Å². The topological polar surface area (TPSA) is 49.4 Å². The SMILES string of the molecule is O=C(N[C@H]1CC(=O)N(CCc2cccc(Cl)c2)C1)c1ccsc1. The molecule has 0 bridgehead atoms. The minimum atomic E-state index is -0.116. The maximum Gasteiger partial charge on any atom is 0.252 e. The fourth-order valence-electron chi connectivity index (χ4n) is 2.70. The van der Waals surface area contributed by atoms with E-state index in [0.717, 1.165) is 12.0 Å². The molecule has 2 amide bonds. The molecule has 1 saturated heterocycles. The highest BCUT2D eigenvalue weighted by Crippen LogP contribution is 2.16. The minimum absolute atomic E-state index is 0.0858. The van der Waals surface area contributed by atoms with Gasteiger partial charge in [-0.05, 0) is 35.6 Å². The number of thiophene rings is 1. The molecule has 0 saturated carbocycles. The Morgan fingerprint density at radius 1 is 1.39 bits per heavy atom. The van der Waals surface area contributed by atoms with Crippen LogP contribution in [0.1, 0.15) is 22.3 Å². The number of hydrogen-bond donors (Lipinski definition) is 1. The van der Waals surface area contributed by atoms with E-state index in [1.54, 1.807) is 11.0 Å². The Morgan fingerprint density at radius 2 is 2.26 bits per heavy atom. The Kier molecular flexibility index (Phi) is 4.98. The number of rotatable bonds is 5. The van der Waals surface area contributed by atoms with Crippen LogP contribution >= 0.6 is 22.9 Å². The predicted octanol–water partition coefficient (Wildman–Crippen LogP) is 2.97. The van der Waals surface area contributed by atoms with E-state index in [1.807, 2.05) is 35.0 Å². The first-order valence-corrected chi connectivity index (χ1v) is 8.79. The Balaban J connectivity index is 1.52. The molecule has 2 aromatic rings. The summed E-state index contributed by atoms with van der Waals surface area (Å²) in [5.41, 5.74) is 1.76. The average molecular weight is 349 g/mol. The van der Waals surface area contributed by atoms with Crippen molar-refractivity contribution in [2.45, 2.75) is 18.9 Å². The van der Waals surface area contributed by atoms with E-state index in [0.29, 0.717) is 30.1 Å². The number of likely N-dealkylation sites (tertiary alicyclic amines) is 1. The number of hydrogen-bond acceptors (Lipinski definition) is 3. The predicted molar refractivity (Wildman–Crippen MR) is 91.9 cm³/mol. The van der Waals surface area contributed by atoms with Gasteiger partial charge in [0.1, 0.15) is 0 Å². The maximum atomic E-state index is 12.1. The van der Waals surface area contributed by atoms with E-state index in [1.165, 1.54) is 11.3 Å². The van der Waals surface area contributed by atoms with Crippen molar-refractivity contribution in [1.29, 1.82) is 0 Å². The summed E-state index contributed by atoms with van der Waals surface area (Å²) in [5.74, 6) is -0.0246. The smallest absolute Gasteiger partial charge is 0.252 e. The standard InChI is InChI=1S/C17H17ClN2O2S/c18-14-3-1-2-12(8-14)4-6-20-10-15(9-16(20)21)19-17(22)13-5-7-23-11-13/h1-3,5,7-8,11,15H,4,6,9-10H2,(H,19,22)/t15-/m0/s1. The van der Waals surface area contributed by atoms with Gasteiger partial charge < -0.3 is 10.2 Å². The third-order valence-electron chi connectivity index (χ3n) is 3.89. The van der Waals surface area contributed by atoms with Crippen LogP contribution in [-0.4, -0.2) is 35.8 Å². The molecular weight excluding hydrogens is 332 g/mol. The molecular formula is C17H17ClN2O2S. The summed E-state index contributed by atoms with van der Waals surface area (Å²) in [6, 6.07) is 9.33. The number of amides is 2. The highest BCUT2D eigenvalue weighted by Gasteiger charge is 2.30. The van der Waals surface area contributed by atoms with Crippen LogP contribution in [-0.2, 0) is 11.2 Å². The van der Waals surface area contributed by atoms with Gasteiger partial charge >= 0.3 is 0 Å². The lowest BCUT2D eigenvalue weighted by atomic mass is 10.1. The summed E-state index contributed by atoms with van der Waals surface area (Å²) in [5, 5.41) is 7.31. The normalized spacial score (nSPS) is 17.5. The number of nitrogens with one attached hydrogen (secondary N) is 1. The summed E-state index contributed by atoms with van der Waals surface area (Å²) in [6.07, 6.45) is 1.13. The largest absolute Gasteiger partial charge is 0.347 e. The molecule has 1 fully saturated rings. The molecule has 1 atom stereocenters. The Morgan fingerprint density at radius 3 is 3.00 bits per heavy atom. The molecule has 3 rings (SSSR count). The summed E-state index contributed by atoms with van der Waals surface area (Å²) in [6.45, 7) is 1.21. The summed E-state index contributed by atoms with van der Waals surface area (Å²) in [4.78, 5) is 25.9. The summed E-state index contributed by atoms with van der Waals surface area (Å²) in [7, 11) is 0. The number of halogens is 1. The molecule has 1 N–H and O–H groups in total.